The third-order valence-electron chi connectivity index (χ3n) is 7.56. The quantitative estimate of drug-likeness (QED) is 0.301. The van der Waals surface area contributed by atoms with E-state index < -0.39 is 6.29 Å². The third kappa shape index (κ3) is 6.15. The largest absolute Gasteiger partial charge is 0.486 e. The van der Waals surface area contributed by atoms with Crippen LogP contribution in [0, 0.1) is 0 Å². The molecule has 0 radical (unpaired) electrons. The summed E-state index contributed by atoms with van der Waals surface area (Å²) in [5.74, 6) is 3.87. The van der Waals surface area contributed by atoms with Gasteiger partial charge in [0.15, 0.2) is 23.0 Å². The zero-order valence-electron chi connectivity index (χ0n) is 23.3. The van der Waals surface area contributed by atoms with Crippen molar-refractivity contribution in [1.29, 1.82) is 0 Å². The lowest BCUT2D eigenvalue weighted by atomic mass is 10.1. The number of amides is 1. The van der Waals surface area contributed by atoms with E-state index in [1.165, 1.54) is 0 Å². The molecule has 0 saturated carbocycles. The monoisotopic (exact) mass is 603 g/mol. The van der Waals surface area contributed by atoms with Gasteiger partial charge in [0.1, 0.15) is 30.5 Å². The van der Waals surface area contributed by atoms with Crippen molar-refractivity contribution in [2.75, 3.05) is 44.3 Å². The summed E-state index contributed by atoms with van der Waals surface area (Å²) in [6.45, 7) is 3.91. The van der Waals surface area contributed by atoms with Crippen LogP contribution < -0.4 is 29.2 Å². The SMILES string of the molecule is O=C(CC1CN(CC2Oc3ccccc3O2)CCN1c1cc(Cl)nc(-n2ccnc2)n1)NCc1ccc2c(c1)OCCO2. The first-order valence-electron chi connectivity index (χ1n) is 14.2. The highest BCUT2D eigenvalue weighted by molar-refractivity contribution is 6.29. The predicted molar refractivity (Wildman–Crippen MR) is 157 cm³/mol. The molecule has 1 saturated heterocycles. The first-order valence-corrected chi connectivity index (χ1v) is 14.5. The number of benzene rings is 2. The average molecular weight is 604 g/mol. The number of hydrogen-bond donors (Lipinski definition) is 1. The minimum absolute atomic E-state index is 0.0810. The number of fused-ring (bicyclic) bond motifs is 2. The molecule has 1 atom stereocenters. The molecule has 4 aromatic rings. The number of imidazole rings is 1. The smallest absolute Gasteiger partial charge is 0.254 e. The predicted octanol–water partition coefficient (Wildman–Crippen LogP) is 3.08. The van der Waals surface area contributed by atoms with E-state index in [4.69, 9.17) is 35.5 Å². The average Bonchev–Trinajstić information content (AvgIpc) is 3.70. The Labute approximate surface area is 253 Å². The molecule has 0 spiro atoms. The lowest BCUT2D eigenvalue weighted by Crippen LogP contribution is -2.56. The van der Waals surface area contributed by atoms with Crippen LogP contribution in [0.25, 0.3) is 5.95 Å². The van der Waals surface area contributed by atoms with Crippen LogP contribution in [0.1, 0.15) is 12.0 Å². The first-order chi connectivity index (χ1) is 21.1. The van der Waals surface area contributed by atoms with Crippen molar-refractivity contribution < 1.29 is 23.7 Å². The molecule has 7 rings (SSSR count). The van der Waals surface area contributed by atoms with Crippen molar-refractivity contribution in [2.24, 2.45) is 0 Å². The molecular formula is C30H30ClN7O5. The van der Waals surface area contributed by atoms with Crippen LogP contribution in [-0.2, 0) is 11.3 Å². The van der Waals surface area contributed by atoms with E-state index in [-0.39, 0.29) is 18.4 Å². The van der Waals surface area contributed by atoms with Crippen molar-refractivity contribution in [3.8, 4) is 28.9 Å². The topological polar surface area (TPSA) is 116 Å². The molecule has 222 valence electrons. The van der Waals surface area contributed by atoms with Crippen LogP contribution in [0.15, 0.2) is 67.3 Å². The van der Waals surface area contributed by atoms with Crippen molar-refractivity contribution in [3.63, 3.8) is 0 Å². The van der Waals surface area contributed by atoms with Crippen molar-refractivity contribution in [1.82, 2.24) is 29.7 Å². The summed E-state index contributed by atoms with van der Waals surface area (Å²) in [5, 5.41) is 3.38. The Morgan fingerprint density at radius 3 is 2.58 bits per heavy atom. The molecule has 1 fully saturated rings. The van der Waals surface area contributed by atoms with Crippen molar-refractivity contribution in [2.45, 2.75) is 25.3 Å². The Morgan fingerprint density at radius 2 is 1.79 bits per heavy atom. The molecule has 5 heterocycles. The Kier molecular flexibility index (Phi) is 7.60. The van der Waals surface area contributed by atoms with Gasteiger partial charge in [-0.25, -0.2) is 9.97 Å². The molecule has 12 nitrogen and oxygen atoms in total. The number of ether oxygens (including phenoxy) is 4. The van der Waals surface area contributed by atoms with Crippen LogP contribution in [0.5, 0.6) is 23.0 Å². The number of carbonyl (C=O) groups is 1. The lowest BCUT2D eigenvalue weighted by Gasteiger charge is -2.42. The van der Waals surface area contributed by atoms with Gasteiger partial charge in [-0.3, -0.25) is 14.3 Å². The summed E-state index contributed by atoms with van der Waals surface area (Å²) in [6, 6.07) is 14.9. The minimum Gasteiger partial charge on any atom is -0.486 e. The number of para-hydroxylation sites is 2. The summed E-state index contributed by atoms with van der Waals surface area (Å²) in [6.07, 6.45) is 4.86. The van der Waals surface area contributed by atoms with Gasteiger partial charge in [0.25, 0.3) is 6.29 Å². The van der Waals surface area contributed by atoms with Crippen molar-refractivity contribution >= 4 is 23.3 Å². The van der Waals surface area contributed by atoms with Crippen LogP contribution in [0.4, 0.5) is 5.82 Å². The van der Waals surface area contributed by atoms with E-state index in [1.54, 1.807) is 29.4 Å². The minimum atomic E-state index is -0.421. The maximum absolute atomic E-state index is 13.3. The summed E-state index contributed by atoms with van der Waals surface area (Å²) >= 11 is 6.44. The molecule has 3 aliphatic rings. The van der Waals surface area contributed by atoms with E-state index >= 15 is 0 Å². The lowest BCUT2D eigenvalue weighted by molar-refractivity contribution is -0.121. The number of aromatic nitrogens is 4. The van der Waals surface area contributed by atoms with Gasteiger partial charge < -0.3 is 29.2 Å². The van der Waals surface area contributed by atoms with Gasteiger partial charge in [-0.1, -0.05) is 29.8 Å². The van der Waals surface area contributed by atoms with Crippen LogP contribution in [0.2, 0.25) is 5.15 Å². The van der Waals surface area contributed by atoms with Crippen molar-refractivity contribution in [3.05, 3.63) is 78.0 Å². The molecule has 0 aliphatic carbocycles. The molecule has 1 amide bonds. The normalized spacial score (nSPS) is 18.1. The van der Waals surface area contributed by atoms with Gasteiger partial charge in [0.2, 0.25) is 11.9 Å². The number of nitrogens with zero attached hydrogens (tertiary/aromatic N) is 6. The van der Waals surface area contributed by atoms with E-state index in [1.807, 2.05) is 42.5 Å². The molecule has 13 heteroatoms. The summed E-state index contributed by atoms with van der Waals surface area (Å²) in [4.78, 5) is 31.0. The van der Waals surface area contributed by atoms with E-state index in [0.29, 0.717) is 62.1 Å². The van der Waals surface area contributed by atoms with Crippen LogP contribution >= 0.6 is 11.6 Å². The Balaban J connectivity index is 1.06. The highest BCUT2D eigenvalue weighted by Gasteiger charge is 2.34. The second kappa shape index (κ2) is 12.0. The standard InChI is InChI=1S/C30H30ClN7O5/c31-26-15-27(35-30(34-26)37-8-7-32-19-37)38-10-9-36(18-29-42-23-3-1-2-4-24(23)43-29)17-21(38)14-28(39)33-16-20-5-6-22-25(13-20)41-12-11-40-22/h1-8,13,15,19,21,29H,9-12,14,16-18H2,(H,33,39). The molecule has 0 bridgehead atoms. The number of piperazine rings is 1. The molecule has 2 aromatic heterocycles. The first kappa shape index (κ1) is 27.3. The number of nitrogens with one attached hydrogen (secondary N) is 1. The third-order valence-corrected chi connectivity index (χ3v) is 7.75. The molecule has 2 aromatic carbocycles. The van der Waals surface area contributed by atoms with E-state index in [0.717, 1.165) is 29.4 Å². The van der Waals surface area contributed by atoms with E-state index in [9.17, 15) is 4.79 Å². The zero-order valence-corrected chi connectivity index (χ0v) is 24.0. The number of carbonyl (C=O) groups excluding carboxylic acids is 1. The molecular weight excluding hydrogens is 574 g/mol. The Morgan fingerprint density at radius 1 is 0.977 bits per heavy atom. The van der Waals surface area contributed by atoms with Gasteiger partial charge in [0, 0.05) is 51.1 Å². The zero-order chi connectivity index (χ0) is 29.2. The highest BCUT2D eigenvalue weighted by atomic mass is 35.5. The van der Waals surface area contributed by atoms with Gasteiger partial charge >= 0.3 is 0 Å². The summed E-state index contributed by atoms with van der Waals surface area (Å²) < 4.78 is 25.0. The van der Waals surface area contributed by atoms with Crippen LogP contribution in [-0.4, -0.2) is 82.1 Å². The van der Waals surface area contributed by atoms with E-state index in [2.05, 4.69) is 25.1 Å². The molecule has 43 heavy (non-hydrogen) atoms. The molecule has 1 unspecified atom stereocenters. The van der Waals surface area contributed by atoms with Gasteiger partial charge in [0.05, 0.1) is 12.6 Å². The van der Waals surface area contributed by atoms with Gasteiger partial charge in [-0.05, 0) is 29.8 Å². The summed E-state index contributed by atoms with van der Waals surface area (Å²) in [5.41, 5.74) is 0.933. The number of rotatable bonds is 8. The van der Waals surface area contributed by atoms with Gasteiger partial charge in [-0.15, -0.1) is 0 Å². The number of anilines is 1. The fraction of sp³-hybridized carbons (Fsp3) is 0.333. The number of hydrogen-bond acceptors (Lipinski definition) is 10. The fourth-order valence-corrected chi connectivity index (χ4v) is 5.69. The maximum Gasteiger partial charge on any atom is 0.254 e. The Hall–Kier alpha value is -4.55. The summed E-state index contributed by atoms with van der Waals surface area (Å²) in [7, 11) is 0. The molecule has 3 aliphatic heterocycles. The number of halogens is 1. The molecule has 1 N–H and O–H groups in total. The second-order valence-electron chi connectivity index (χ2n) is 10.5. The second-order valence-corrected chi connectivity index (χ2v) is 10.9. The maximum atomic E-state index is 13.3. The highest BCUT2D eigenvalue weighted by Crippen LogP contribution is 2.35. The fourth-order valence-electron chi connectivity index (χ4n) is 5.52. The van der Waals surface area contributed by atoms with Gasteiger partial charge in [-0.2, -0.15) is 4.98 Å². The Bertz CT molecular complexity index is 1580. The van der Waals surface area contributed by atoms with Crippen LogP contribution in [0.3, 0.4) is 0 Å².